The van der Waals surface area contributed by atoms with E-state index in [9.17, 15) is 9.59 Å². The fourth-order valence-corrected chi connectivity index (χ4v) is 4.29. The highest BCUT2D eigenvalue weighted by atomic mass is 35.5. The molecule has 160 valence electrons. The van der Waals surface area contributed by atoms with E-state index >= 15 is 0 Å². The summed E-state index contributed by atoms with van der Waals surface area (Å²) in [4.78, 5) is 24.4. The molecule has 0 N–H and O–H groups in total. The fourth-order valence-electron chi connectivity index (χ4n) is 3.85. The number of methoxy groups -OCH3 is 2. The highest BCUT2D eigenvalue weighted by molar-refractivity contribution is 6.35. The topological polar surface area (TPSA) is 75.3 Å². The summed E-state index contributed by atoms with van der Waals surface area (Å²) >= 11 is 12.8. The van der Waals surface area contributed by atoms with Gasteiger partial charge in [0.1, 0.15) is 5.69 Å². The number of aryl methyl sites for hydroxylation is 3. The molecule has 0 fully saturated rings. The molecule has 0 saturated carbocycles. The third-order valence-electron chi connectivity index (χ3n) is 5.35. The number of aromatic nitrogens is 3. The number of benzene rings is 1. The van der Waals surface area contributed by atoms with Crippen molar-refractivity contribution in [2.45, 2.75) is 32.7 Å². The molecular formula is C21H23Cl2N3O4. The minimum atomic E-state index is -0.490. The summed E-state index contributed by atoms with van der Waals surface area (Å²) in [6.45, 7) is 4.05. The van der Waals surface area contributed by atoms with Crippen molar-refractivity contribution < 1.29 is 19.1 Å². The molecule has 0 aliphatic rings. The molecule has 0 unspecified atom stereocenters. The summed E-state index contributed by atoms with van der Waals surface area (Å²) < 4.78 is 13.3. The molecule has 30 heavy (non-hydrogen) atoms. The van der Waals surface area contributed by atoms with E-state index in [1.807, 2.05) is 27.0 Å². The lowest BCUT2D eigenvalue weighted by Crippen LogP contribution is -2.14. The van der Waals surface area contributed by atoms with Crippen LogP contribution < -0.4 is 0 Å². The summed E-state index contributed by atoms with van der Waals surface area (Å²) in [5, 5.41) is 5.82. The molecule has 0 radical (unpaired) electrons. The molecule has 2 aromatic heterocycles. The molecule has 0 atom stereocenters. The molecule has 7 nitrogen and oxygen atoms in total. The largest absolute Gasteiger partial charge is 0.469 e. The highest BCUT2D eigenvalue weighted by Gasteiger charge is 2.27. The molecule has 0 bridgehead atoms. The van der Waals surface area contributed by atoms with Crippen molar-refractivity contribution in [2.75, 3.05) is 14.2 Å². The maximum absolute atomic E-state index is 12.6. The van der Waals surface area contributed by atoms with Crippen LogP contribution in [0.15, 0.2) is 12.1 Å². The first kappa shape index (κ1) is 22.2. The molecule has 9 heteroatoms. The Morgan fingerprint density at radius 2 is 1.83 bits per heavy atom. The van der Waals surface area contributed by atoms with Gasteiger partial charge in [-0.25, -0.2) is 4.79 Å². The zero-order valence-corrected chi connectivity index (χ0v) is 19.0. The van der Waals surface area contributed by atoms with E-state index < -0.39 is 5.97 Å². The number of carbonyl (C=O) groups excluding carboxylic acids is 2. The average Bonchev–Trinajstić information content (AvgIpc) is 3.19. The van der Waals surface area contributed by atoms with Gasteiger partial charge in [-0.05, 0) is 31.5 Å². The third kappa shape index (κ3) is 3.56. The Morgan fingerprint density at radius 1 is 1.13 bits per heavy atom. The Bertz CT molecular complexity index is 1150. The van der Waals surface area contributed by atoms with Gasteiger partial charge < -0.3 is 14.0 Å². The molecule has 0 spiro atoms. The number of rotatable bonds is 6. The van der Waals surface area contributed by atoms with Crippen molar-refractivity contribution in [3.8, 4) is 11.1 Å². The van der Waals surface area contributed by atoms with Gasteiger partial charge >= 0.3 is 11.9 Å². The third-order valence-corrected chi connectivity index (χ3v) is 5.92. The molecule has 3 rings (SSSR count). The number of halogens is 2. The van der Waals surface area contributed by atoms with Gasteiger partial charge in [-0.1, -0.05) is 11.6 Å². The number of nitrogens with zero attached hydrogens (tertiary/aromatic N) is 3. The predicted octanol–water partition coefficient (Wildman–Crippen LogP) is 4.40. The summed E-state index contributed by atoms with van der Waals surface area (Å²) in [6.07, 6.45) is 0.112. The van der Waals surface area contributed by atoms with Crippen molar-refractivity contribution in [3.63, 3.8) is 0 Å². The average molecular weight is 452 g/mol. The number of fused-ring (bicyclic) bond motifs is 1. The van der Waals surface area contributed by atoms with E-state index in [2.05, 4.69) is 5.10 Å². The normalized spacial score (nSPS) is 11.2. The second-order valence-corrected chi connectivity index (χ2v) is 7.60. The van der Waals surface area contributed by atoms with Crippen molar-refractivity contribution >= 4 is 46.0 Å². The van der Waals surface area contributed by atoms with E-state index in [4.69, 9.17) is 32.7 Å². The first-order valence-corrected chi connectivity index (χ1v) is 10.2. The van der Waals surface area contributed by atoms with Crippen LogP contribution in [0.1, 0.15) is 33.9 Å². The first-order chi connectivity index (χ1) is 14.3. The Labute approximate surface area is 184 Å². The van der Waals surface area contributed by atoms with Crippen LogP contribution in [0.3, 0.4) is 0 Å². The van der Waals surface area contributed by atoms with Gasteiger partial charge in [0, 0.05) is 46.3 Å². The van der Waals surface area contributed by atoms with Crippen molar-refractivity contribution in [3.05, 3.63) is 39.8 Å². The van der Waals surface area contributed by atoms with Crippen molar-refractivity contribution in [1.82, 2.24) is 14.3 Å². The van der Waals surface area contributed by atoms with Gasteiger partial charge in [0.15, 0.2) is 0 Å². The minimum absolute atomic E-state index is 0.112. The second kappa shape index (κ2) is 8.70. The monoisotopic (exact) mass is 451 g/mol. The first-order valence-electron chi connectivity index (χ1n) is 9.31. The van der Waals surface area contributed by atoms with Crippen LogP contribution >= 0.6 is 23.2 Å². The van der Waals surface area contributed by atoms with Gasteiger partial charge in [0.05, 0.1) is 32.2 Å². The number of esters is 2. The van der Waals surface area contributed by atoms with Gasteiger partial charge in [-0.15, -0.1) is 11.6 Å². The molecule has 0 aliphatic carbocycles. The van der Waals surface area contributed by atoms with E-state index in [0.29, 0.717) is 22.0 Å². The second-order valence-electron chi connectivity index (χ2n) is 6.92. The lowest BCUT2D eigenvalue weighted by molar-refractivity contribution is -0.140. The fraction of sp³-hybridized carbons (Fsp3) is 0.381. The van der Waals surface area contributed by atoms with Crippen LogP contribution in [0.25, 0.3) is 22.0 Å². The lowest BCUT2D eigenvalue weighted by Gasteiger charge is -2.11. The molecule has 0 saturated heterocycles. The standard InChI is InChI=1S/C21H23Cl2N3O4/c1-11-17-15(26(9-8-16(27)29-4)20(11)21(28)30-5)7-6-13(23)19(17)18-12(2)25(3)24-14(18)10-22/h6-7H,8-10H2,1-5H3. The van der Waals surface area contributed by atoms with Gasteiger partial charge in [0.2, 0.25) is 0 Å². The number of hydrogen-bond donors (Lipinski definition) is 0. The van der Waals surface area contributed by atoms with E-state index in [0.717, 1.165) is 27.7 Å². The van der Waals surface area contributed by atoms with Crippen LogP contribution in [0.2, 0.25) is 5.02 Å². The molecule has 3 aromatic rings. The van der Waals surface area contributed by atoms with Gasteiger partial charge in [-0.3, -0.25) is 9.48 Å². The van der Waals surface area contributed by atoms with Crippen LogP contribution in [0, 0.1) is 13.8 Å². The Kier molecular flexibility index (Phi) is 6.43. The van der Waals surface area contributed by atoms with Crippen LogP contribution in [0.5, 0.6) is 0 Å². The van der Waals surface area contributed by atoms with E-state index in [1.54, 1.807) is 15.3 Å². The Balaban J connectivity index is 2.39. The zero-order valence-electron chi connectivity index (χ0n) is 17.5. The maximum Gasteiger partial charge on any atom is 0.354 e. The molecule has 2 heterocycles. The Hall–Kier alpha value is -2.51. The molecule has 0 aliphatic heterocycles. The number of carbonyl (C=O) groups is 2. The maximum atomic E-state index is 12.6. The summed E-state index contributed by atoms with van der Waals surface area (Å²) in [7, 11) is 4.51. The van der Waals surface area contributed by atoms with Crippen LogP contribution in [-0.4, -0.2) is 40.5 Å². The number of hydrogen-bond acceptors (Lipinski definition) is 5. The van der Waals surface area contributed by atoms with Crippen LogP contribution in [-0.2, 0) is 33.7 Å². The van der Waals surface area contributed by atoms with Crippen molar-refractivity contribution in [1.29, 1.82) is 0 Å². The summed E-state index contributed by atoms with van der Waals surface area (Å²) in [6, 6.07) is 3.61. The van der Waals surface area contributed by atoms with Crippen molar-refractivity contribution in [2.24, 2.45) is 7.05 Å². The SMILES string of the molecule is COC(=O)CCn1c(C(=O)OC)c(C)c2c(-c3c(CCl)nn(C)c3C)c(Cl)ccc21. The van der Waals surface area contributed by atoms with Gasteiger partial charge in [-0.2, -0.15) is 5.10 Å². The number of alkyl halides is 1. The molecule has 0 amide bonds. The van der Waals surface area contributed by atoms with E-state index in [-0.39, 0.29) is 24.8 Å². The zero-order chi connectivity index (χ0) is 22.2. The number of ether oxygens (including phenoxy) is 2. The summed E-state index contributed by atoms with van der Waals surface area (Å²) in [5.74, 6) is -0.640. The van der Waals surface area contributed by atoms with Gasteiger partial charge in [0.25, 0.3) is 0 Å². The van der Waals surface area contributed by atoms with Crippen LogP contribution in [0.4, 0.5) is 0 Å². The molecular weight excluding hydrogens is 429 g/mol. The predicted molar refractivity (Wildman–Crippen MR) is 116 cm³/mol. The summed E-state index contributed by atoms with van der Waals surface area (Å²) in [5.41, 5.74) is 5.05. The quantitative estimate of drug-likeness (QED) is 0.410. The Morgan fingerprint density at radius 3 is 2.43 bits per heavy atom. The minimum Gasteiger partial charge on any atom is -0.469 e. The van der Waals surface area contributed by atoms with E-state index in [1.165, 1.54) is 14.2 Å². The highest BCUT2D eigenvalue weighted by Crippen LogP contribution is 2.42. The lowest BCUT2D eigenvalue weighted by atomic mass is 9.97. The smallest absolute Gasteiger partial charge is 0.354 e. The molecule has 1 aromatic carbocycles.